The van der Waals surface area contributed by atoms with E-state index in [4.69, 9.17) is 24.5 Å². The monoisotopic (exact) mass is 397 g/mol. The molecule has 0 fully saturated rings. The third-order valence-corrected chi connectivity index (χ3v) is 4.27. The predicted octanol–water partition coefficient (Wildman–Crippen LogP) is 3.18. The van der Waals surface area contributed by atoms with Gasteiger partial charge in [0.15, 0.2) is 11.5 Å². The van der Waals surface area contributed by atoms with Crippen LogP contribution < -0.4 is 25.3 Å². The van der Waals surface area contributed by atoms with Crippen molar-refractivity contribution in [2.45, 2.75) is 20.0 Å². The zero-order valence-electron chi connectivity index (χ0n) is 16.5. The Kier molecular flexibility index (Phi) is 6.36. The number of carbonyl (C=O) groups is 1. The number of carbonyl (C=O) groups excluding carboxylic acids is 1. The van der Waals surface area contributed by atoms with Gasteiger partial charge in [-0.2, -0.15) is 0 Å². The van der Waals surface area contributed by atoms with Gasteiger partial charge < -0.3 is 29.8 Å². The van der Waals surface area contributed by atoms with Crippen molar-refractivity contribution in [3.8, 4) is 23.0 Å². The molecule has 8 nitrogen and oxygen atoms in total. The molecule has 0 radical (unpaired) electrons. The topological polar surface area (TPSA) is 109 Å². The molecule has 3 N–H and O–H groups in total. The first-order valence-electron chi connectivity index (χ1n) is 8.98. The molecule has 0 aliphatic rings. The van der Waals surface area contributed by atoms with Gasteiger partial charge in [0, 0.05) is 18.2 Å². The van der Waals surface area contributed by atoms with E-state index in [-0.39, 0.29) is 19.0 Å². The number of rotatable bonds is 8. The van der Waals surface area contributed by atoms with Crippen LogP contribution in [0.25, 0.3) is 0 Å². The Labute approximate surface area is 168 Å². The second-order valence-electron chi connectivity index (χ2n) is 6.22. The molecule has 3 rings (SSSR count). The molecule has 8 heteroatoms. The number of ether oxygens (including phenoxy) is 3. The normalized spacial score (nSPS) is 10.5. The summed E-state index contributed by atoms with van der Waals surface area (Å²) in [4.78, 5) is 12.5. The van der Waals surface area contributed by atoms with Gasteiger partial charge in [-0.3, -0.25) is 4.79 Å². The third kappa shape index (κ3) is 4.67. The highest BCUT2D eigenvalue weighted by Gasteiger charge is 2.15. The van der Waals surface area contributed by atoms with Crippen LogP contribution in [0.1, 0.15) is 27.4 Å². The second-order valence-corrected chi connectivity index (χ2v) is 6.22. The van der Waals surface area contributed by atoms with Gasteiger partial charge in [-0.05, 0) is 37.3 Å². The van der Waals surface area contributed by atoms with E-state index < -0.39 is 0 Å². The summed E-state index contributed by atoms with van der Waals surface area (Å²) in [5.41, 5.74) is 7.63. The molecule has 0 aliphatic heterocycles. The van der Waals surface area contributed by atoms with E-state index in [1.54, 1.807) is 50.4 Å². The maximum absolute atomic E-state index is 12.5. The Morgan fingerprint density at radius 3 is 2.48 bits per heavy atom. The van der Waals surface area contributed by atoms with E-state index in [1.807, 2.05) is 6.07 Å². The molecule has 1 heterocycles. The van der Waals surface area contributed by atoms with E-state index in [0.717, 1.165) is 0 Å². The number of nitrogens with two attached hydrogens (primary N) is 1. The fraction of sp³-hybridized carbons (Fsp3) is 0.238. The van der Waals surface area contributed by atoms with Crippen molar-refractivity contribution in [2.75, 3.05) is 14.2 Å². The number of benzene rings is 2. The summed E-state index contributed by atoms with van der Waals surface area (Å²) in [5.74, 6) is 2.44. The number of amides is 1. The Morgan fingerprint density at radius 2 is 1.83 bits per heavy atom. The molecule has 152 valence electrons. The standard InChI is InChI=1S/C21H23N3O5/c1-13-9-15(24-29-13)12-23-21(25)14-7-8-19(27-3)20(10-14)28-18-6-4-5-17(26-2)16(18)11-22/h4-10H,11-12,22H2,1-3H3,(H,23,25). The first-order chi connectivity index (χ1) is 14.0. The summed E-state index contributed by atoms with van der Waals surface area (Å²) in [6.45, 7) is 2.28. The zero-order chi connectivity index (χ0) is 20.8. The molecule has 0 bridgehead atoms. The van der Waals surface area contributed by atoms with Crippen molar-refractivity contribution in [1.82, 2.24) is 10.5 Å². The van der Waals surface area contributed by atoms with E-state index in [2.05, 4.69) is 10.5 Å². The van der Waals surface area contributed by atoms with Gasteiger partial charge in [0.25, 0.3) is 5.91 Å². The van der Waals surface area contributed by atoms with Crippen molar-refractivity contribution in [3.63, 3.8) is 0 Å². The molecule has 1 aromatic heterocycles. The van der Waals surface area contributed by atoms with Crippen molar-refractivity contribution in [3.05, 3.63) is 65.0 Å². The first kappa shape index (κ1) is 20.2. The molecular formula is C21H23N3O5. The number of aromatic nitrogens is 1. The minimum absolute atomic E-state index is 0.235. The summed E-state index contributed by atoms with van der Waals surface area (Å²) >= 11 is 0. The molecule has 0 saturated heterocycles. The van der Waals surface area contributed by atoms with Crippen LogP contribution in [0, 0.1) is 6.92 Å². The van der Waals surface area contributed by atoms with Gasteiger partial charge >= 0.3 is 0 Å². The van der Waals surface area contributed by atoms with Gasteiger partial charge in [0.1, 0.15) is 23.0 Å². The minimum atomic E-state index is -0.275. The highest BCUT2D eigenvalue weighted by atomic mass is 16.5. The molecule has 2 aromatic carbocycles. The zero-order valence-corrected chi connectivity index (χ0v) is 16.5. The quantitative estimate of drug-likeness (QED) is 0.601. The van der Waals surface area contributed by atoms with Crippen LogP contribution in [-0.4, -0.2) is 25.3 Å². The third-order valence-electron chi connectivity index (χ3n) is 4.27. The molecule has 0 saturated carbocycles. The average Bonchev–Trinajstić information content (AvgIpc) is 3.16. The Hall–Kier alpha value is -3.52. The second kappa shape index (κ2) is 9.11. The SMILES string of the molecule is COc1ccc(C(=O)NCc2cc(C)on2)cc1Oc1cccc(OC)c1CN. The van der Waals surface area contributed by atoms with E-state index >= 15 is 0 Å². The number of hydrogen-bond acceptors (Lipinski definition) is 7. The molecule has 0 atom stereocenters. The summed E-state index contributed by atoms with van der Waals surface area (Å²) in [7, 11) is 3.10. The number of aryl methyl sites for hydroxylation is 1. The Balaban J connectivity index is 1.83. The lowest BCUT2D eigenvalue weighted by Gasteiger charge is -2.16. The van der Waals surface area contributed by atoms with Crippen molar-refractivity contribution in [1.29, 1.82) is 0 Å². The minimum Gasteiger partial charge on any atom is -0.496 e. The number of methoxy groups -OCH3 is 2. The highest BCUT2D eigenvalue weighted by molar-refractivity contribution is 5.94. The predicted molar refractivity (Wildman–Crippen MR) is 106 cm³/mol. The lowest BCUT2D eigenvalue weighted by molar-refractivity contribution is 0.0949. The number of nitrogens with zero attached hydrogens (tertiary/aromatic N) is 1. The molecule has 0 spiro atoms. The summed E-state index contributed by atoms with van der Waals surface area (Å²) in [6.07, 6.45) is 0. The van der Waals surface area contributed by atoms with E-state index in [0.29, 0.717) is 45.6 Å². The van der Waals surface area contributed by atoms with Crippen LogP contribution in [0.4, 0.5) is 0 Å². The van der Waals surface area contributed by atoms with Crippen LogP contribution in [0.5, 0.6) is 23.0 Å². The lowest BCUT2D eigenvalue weighted by Crippen LogP contribution is -2.22. The largest absolute Gasteiger partial charge is 0.496 e. The van der Waals surface area contributed by atoms with E-state index in [1.165, 1.54) is 7.11 Å². The molecule has 29 heavy (non-hydrogen) atoms. The number of nitrogens with one attached hydrogen (secondary N) is 1. The van der Waals surface area contributed by atoms with Crippen LogP contribution >= 0.6 is 0 Å². The molecule has 0 aliphatic carbocycles. The summed E-state index contributed by atoms with van der Waals surface area (Å²) < 4.78 is 21.7. The summed E-state index contributed by atoms with van der Waals surface area (Å²) in [6, 6.07) is 12.1. The van der Waals surface area contributed by atoms with Crippen LogP contribution in [0.15, 0.2) is 47.0 Å². The maximum atomic E-state index is 12.5. The fourth-order valence-corrected chi connectivity index (χ4v) is 2.82. The van der Waals surface area contributed by atoms with Crippen molar-refractivity contribution < 1.29 is 23.5 Å². The summed E-state index contributed by atoms with van der Waals surface area (Å²) in [5, 5.41) is 6.66. The van der Waals surface area contributed by atoms with Gasteiger partial charge in [-0.25, -0.2) is 0 Å². The van der Waals surface area contributed by atoms with Crippen molar-refractivity contribution in [2.24, 2.45) is 5.73 Å². The molecule has 1 amide bonds. The first-order valence-corrected chi connectivity index (χ1v) is 8.98. The smallest absolute Gasteiger partial charge is 0.251 e. The van der Waals surface area contributed by atoms with Crippen molar-refractivity contribution >= 4 is 5.91 Å². The Bertz CT molecular complexity index is 1000. The maximum Gasteiger partial charge on any atom is 0.251 e. The van der Waals surface area contributed by atoms with E-state index in [9.17, 15) is 4.79 Å². The number of hydrogen-bond donors (Lipinski definition) is 2. The van der Waals surface area contributed by atoms with Crippen LogP contribution in [-0.2, 0) is 13.1 Å². The van der Waals surface area contributed by atoms with Crippen LogP contribution in [0.2, 0.25) is 0 Å². The molecule has 0 unspecified atom stereocenters. The molecular weight excluding hydrogens is 374 g/mol. The highest BCUT2D eigenvalue weighted by Crippen LogP contribution is 2.36. The van der Waals surface area contributed by atoms with Gasteiger partial charge in [-0.1, -0.05) is 11.2 Å². The van der Waals surface area contributed by atoms with Gasteiger partial charge in [0.05, 0.1) is 26.3 Å². The Morgan fingerprint density at radius 1 is 1.07 bits per heavy atom. The lowest BCUT2D eigenvalue weighted by atomic mass is 10.1. The fourth-order valence-electron chi connectivity index (χ4n) is 2.82. The molecule has 3 aromatic rings. The average molecular weight is 397 g/mol. The van der Waals surface area contributed by atoms with Gasteiger partial charge in [0.2, 0.25) is 0 Å². The van der Waals surface area contributed by atoms with Crippen LogP contribution in [0.3, 0.4) is 0 Å². The van der Waals surface area contributed by atoms with Gasteiger partial charge in [-0.15, -0.1) is 0 Å².